The number of nitriles is 1. The summed E-state index contributed by atoms with van der Waals surface area (Å²) >= 11 is 1.37. The van der Waals surface area contributed by atoms with Crippen LogP contribution >= 0.6 is 11.3 Å². The first-order valence-corrected chi connectivity index (χ1v) is 9.71. The van der Waals surface area contributed by atoms with Gasteiger partial charge in [-0.15, -0.1) is 11.3 Å². The first kappa shape index (κ1) is 18.5. The molecule has 0 aliphatic heterocycles. The molecule has 0 bridgehead atoms. The molecule has 0 fully saturated rings. The van der Waals surface area contributed by atoms with Gasteiger partial charge in [-0.2, -0.15) is 5.26 Å². The van der Waals surface area contributed by atoms with E-state index >= 15 is 0 Å². The van der Waals surface area contributed by atoms with Gasteiger partial charge >= 0.3 is 0 Å². The molecule has 0 amide bonds. The van der Waals surface area contributed by atoms with Crippen molar-refractivity contribution >= 4 is 28.6 Å². The van der Waals surface area contributed by atoms with Crippen LogP contribution < -0.4 is 5.73 Å². The van der Waals surface area contributed by atoms with E-state index < -0.39 is 0 Å². The van der Waals surface area contributed by atoms with Crippen LogP contribution in [0.1, 0.15) is 33.4 Å². The number of aromatic nitrogens is 2. The summed E-state index contributed by atoms with van der Waals surface area (Å²) in [6.45, 7) is 5.97. The highest BCUT2D eigenvalue weighted by Gasteiger charge is 2.34. The van der Waals surface area contributed by atoms with Crippen molar-refractivity contribution in [3.05, 3.63) is 82.9 Å². The van der Waals surface area contributed by atoms with E-state index in [1.807, 2.05) is 43.4 Å². The number of hydrogen-bond donors (Lipinski definition) is 1. The molecule has 4 rings (SSSR count). The molecule has 6 heteroatoms. The Morgan fingerprint density at radius 1 is 1.17 bits per heavy atom. The number of carbonyl (C=O) groups excluding carboxylic acids is 1. The molecule has 140 valence electrons. The second kappa shape index (κ2) is 7.30. The zero-order valence-electron chi connectivity index (χ0n) is 15.6. The van der Waals surface area contributed by atoms with Crippen LogP contribution in [0, 0.1) is 11.3 Å². The zero-order chi connectivity index (χ0) is 20.5. The van der Waals surface area contributed by atoms with Crippen LogP contribution in [-0.2, 0) is 0 Å². The molecule has 5 nitrogen and oxygen atoms in total. The van der Waals surface area contributed by atoms with Crippen LogP contribution in [0.3, 0.4) is 0 Å². The third-order valence-corrected chi connectivity index (χ3v) is 5.61. The number of nitrogens with two attached hydrogens (primary N) is 1. The van der Waals surface area contributed by atoms with Crippen LogP contribution in [0.5, 0.6) is 0 Å². The topological polar surface area (TPSA) is 92.7 Å². The van der Waals surface area contributed by atoms with E-state index in [-0.39, 0.29) is 11.7 Å². The molecule has 1 aromatic carbocycles. The van der Waals surface area contributed by atoms with Gasteiger partial charge in [-0.3, -0.25) is 4.79 Å². The van der Waals surface area contributed by atoms with Gasteiger partial charge in [0, 0.05) is 21.6 Å². The molecule has 0 unspecified atom stereocenters. The number of ketones is 1. The predicted octanol–water partition coefficient (Wildman–Crippen LogP) is 5.02. The highest BCUT2D eigenvalue weighted by Crippen LogP contribution is 2.45. The highest BCUT2D eigenvalue weighted by molar-refractivity contribution is 7.16. The first-order chi connectivity index (χ1) is 14.0. The molecular weight excluding hydrogens is 380 g/mol. The summed E-state index contributed by atoms with van der Waals surface area (Å²) in [6, 6.07) is 11.3. The van der Waals surface area contributed by atoms with Crippen molar-refractivity contribution < 1.29 is 4.79 Å². The maximum Gasteiger partial charge on any atom is 0.221 e. The number of fused-ring (bicyclic) bond motifs is 3. The molecule has 0 saturated heterocycles. The number of allylic oxidation sites excluding steroid dienone is 5. The lowest BCUT2D eigenvalue weighted by molar-refractivity contribution is 0.104. The maximum absolute atomic E-state index is 13.3. The average Bonchev–Trinajstić information content (AvgIpc) is 3.31. The van der Waals surface area contributed by atoms with Crippen LogP contribution in [0.25, 0.3) is 27.3 Å². The summed E-state index contributed by atoms with van der Waals surface area (Å²) in [7, 11) is 0. The van der Waals surface area contributed by atoms with Crippen molar-refractivity contribution in [3.8, 4) is 27.8 Å². The van der Waals surface area contributed by atoms with Crippen molar-refractivity contribution in [2.75, 3.05) is 5.73 Å². The molecule has 0 spiro atoms. The minimum atomic E-state index is -0.149. The molecule has 29 heavy (non-hydrogen) atoms. The highest BCUT2D eigenvalue weighted by atomic mass is 32.1. The van der Waals surface area contributed by atoms with E-state index in [0.29, 0.717) is 33.0 Å². The van der Waals surface area contributed by atoms with Crippen LogP contribution in [0.15, 0.2) is 61.2 Å². The summed E-state index contributed by atoms with van der Waals surface area (Å²) in [6.07, 6.45) is 7.39. The van der Waals surface area contributed by atoms with E-state index in [1.54, 1.807) is 18.2 Å². The van der Waals surface area contributed by atoms with E-state index in [0.717, 1.165) is 16.0 Å². The Morgan fingerprint density at radius 2 is 1.97 bits per heavy atom. The third-order valence-electron chi connectivity index (χ3n) is 4.59. The normalized spacial score (nSPS) is 12.3. The lowest BCUT2D eigenvalue weighted by Gasteiger charge is -2.09. The van der Waals surface area contributed by atoms with Crippen LogP contribution in [0.4, 0.5) is 5.95 Å². The fourth-order valence-corrected chi connectivity index (χ4v) is 4.18. The smallest absolute Gasteiger partial charge is 0.221 e. The molecule has 0 saturated carbocycles. The lowest BCUT2D eigenvalue weighted by Crippen LogP contribution is -2.06. The minimum Gasteiger partial charge on any atom is -0.368 e. The number of nitrogen functional groups attached to an aromatic ring is 1. The van der Waals surface area contributed by atoms with Gasteiger partial charge in [-0.25, -0.2) is 9.97 Å². The molecule has 1 aliphatic rings. The number of anilines is 1. The molecule has 3 aromatic rings. The van der Waals surface area contributed by atoms with E-state index in [2.05, 4.69) is 22.6 Å². The van der Waals surface area contributed by atoms with Crippen molar-refractivity contribution in [1.82, 2.24) is 9.97 Å². The molecule has 0 atom stereocenters. The number of hydrogen-bond acceptors (Lipinski definition) is 6. The standard InChI is InChI=1S/C23H16N4OS/c1-3-4-5-7-13(2)20-19-21(27-23(25)26-20)18-15(8-6-9-16(18)22(19)28)17-11-10-14(12-24)29-17/h3-11H,2H2,1H3,(H2,25,26,27). The maximum atomic E-state index is 13.3. The van der Waals surface area contributed by atoms with Gasteiger partial charge in [-0.05, 0) is 24.6 Å². The Balaban J connectivity index is 1.95. The summed E-state index contributed by atoms with van der Waals surface area (Å²) in [5.41, 5.74) is 10.0. The SMILES string of the molecule is C=C(C=CC=CC)c1nc(N)nc2c1C(=O)c1cccc(-c3ccc(C#N)s3)c1-2. The van der Waals surface area contributed by atoms with Gasteiger partial charge < -0.3 is 5.73 Å². The van der Waals surface area contributed by atoms with Gasteiger partial charge in [0.25, 0.3) is 0 Å². The first-order valence-electron chi connectivity index (χ1n) is 8.89. The Morgan fingerprint density at radius 3 is 2.69 bits per heavy atom. The second-order valence-electron chi connectivity index (χ2n) is 6.40. The zero-order valence-corrected chi connectivity index (χ0v) is 16.5. The second-order valence-corrected chi connectivity index (χ2v) is 7.48. The Labute approximate surface area is 172 Å². The van der Waals surface area contributed by atoms with Gasteiger partial charge in [0.1, 0.15) is 10.9 Å². The van der Waals surface area contributed by atoms with Crippen molar-refractivity contribution in [2.45, 2.75) is 6.92 Å². The summed E-state index contributed by atoms with van der Waals surface area (Å²) in [5.74, 6) is -0.0665. The fraction of sp³-hybridized carbons (Fsp3) is 0.0435. The number of benzene rings is 1. The van der Waals surface area contributed by atoms with Gasteiger partial charge in [0.15, 0.2) is 5.78 Å². The molecule has 2 heterocycles. The monoisotopic (exact) mass is 396 g/mol. The van der Waals surface area contributed by atoms with E-state index in [4.69, 9.17) is 11.0 Å². The van der Waals surface area contributed by atoms with E-state index in [9.17, 15) is 4.79 Å². The minimum absolute atomic E-state index is 0.0821. The number of rotatable bonds is 4. The number of nitrogens with zero attached hydrogens (tertiary/aromatic N) is 3. The largest absolute Gasteiger partial charge is 0.368 e. The van der Waals surface area contributed by atoms with Gasteiger partial charge in [-0.1, -0.05) is 49.1 Å². The molecule has 2 aromatic heterocycles. The predicted molar refractivity (Wildman–Crippen MR) is 116 cm³/mol. The molecule has 2 N–H and O–H groups in total. The van der Waals surface area contributed by atoms with Crippen molar-refractivity contribution in [2.24, 2.45) is 0 Å². The quantitative estimate of drug-likeness (QED) is 0.489. The van der Waals surface area contributed by atoms with Gasteiger partial charge in [0.05, 0.1) is 17.0 Å². The molecular formula is C23H16N4OS. The van der Waals surface area contributed by atoms with Crippen LogP contribution in [-0.4, -0.2) is 15.8 Å². The number of carbonyl (C=O) groups is 1. The van der Waals surface area contributed by atoms with Crippen molar-refractivity contribution in [3.63, 3.8) is 0 Å². The lowest BCUT2D eigenvalue weighted by atomic mass is 10.0. The van der Waals surface area contributed by atoms with Crippen LogP contribution in [0.2, 0.25) is 0 Å². The fourth-order valence-electron chi connectivity index (χ4n) is 3.35. The molecule has 0 radical (unpaired) electrons. The summed E-state index contributed by atoms with van der Waals surface area (Å²) < 4.78 is 0. The molecule has 1 aliphatic carbocycles. The van der Waals surface area contributed by atoms with Gasteiger partial charge in [0.2, 0.25) is 5.95 Å². The summed E-state index contributed by atoms with van der Waals surface area (Å²) in [5, 5.41) is 9.16. The Bertz CT molecular complexity index is 1270. The Hall–Kier alpha value is -3.82. The Kier molecular flexibility index (Phi) is 4.67. The average molecular weight is 396 g/mol. The third kappa shape index (κ3) is 3.08. The van der Waals surface area contributed by atoms with Crippen molar-refractivity contribution in [1.29, 1.82) is 5.26 Å². The summed E-state index contributed by atoms with van der Waals surface area (Å²) in [4.78, 5) is 23.5. The number of thiophene rings is 1. The van der Waals surface area contributed by atoms with E-state index in [1.165, 1.54) is 11.3 Å².